The van der Waals surface area contributed by atoms with Gasteiger partial charge in [-0.05, 0) is 69.6 Å². The Morgan fingerprint density at radius 3 is 1.95 bits per heavy atom. The highest BCUT2D eigenvalue weighted by atomic mass is 16.3. The summed E-state index contributed by atoms with van der Waals surface area (Å²) in [5.41, 5.74) is 7.45. The third-order valence-electron chi connectivity index (χ3n) is 7.82. The Bertz CT molecular complexity index is 2170. The third kappa shape index (κ3) is 3.65. The largest absolute Gasteiger partial charge is 0.456 e. The zero-order valence-corrected chi connectivity index (χ0v) is 21.8. The molecule has 0 radical (unpaired) electrons. The summed E-state index contributed by atoms with van der Waals surface area (Å²) in [6.45, 7) is 0. The zero-order chi connectivity index (χ0) is 26.5. The van der Waals surface area contributed by atoms with Gasteiger partial charge in [-0.25, -0.2) is 0 Å². The Morgan fingerprint density at radius 1 is 0.400 bits per heavy atom. The molecule has 0 aliphatic rings. The zero-order valence-electron chi connectivity index (χ0n) is 21.8. The van der Waals surface area contributed by atoms with E-state index >= 15 is 0 Å². The molecule has 0 bridgehead atoms. The fourth-order valence-corrected chi connectivity index (χ4v) is 5.95. The van der Waals surface area contributed by atoms with Crippen LogP contribution in [0.1, 0.15) is 0 Å². The number of para-hydroxylation sites is 2. The van der Waals surface area contributed by atoms with Crippen LogP contribution in [-0.4, -0.2) is 0 Å². The van der Waals surface area contributed by atoms with E-state index in [9.17, 15) is 0 Å². The molecule has 0 fully saturated rings. The van der Waals surface area contributed by atoms with Gasteiger partial charge in [0.25, 0.3) is 0 Å². The molecule has 2 nitrogen and oxygen atoms in total. The Kier molecular flexibility index (Phi) is 5.17. The number of benzene rings is 7. The average molecular weight is 512 g/mol. The van der Waals surface area contributed by atoms with Crippen molar-refractivity contribution in [3.8, 4) is 11.1 Å². The Hall–Kier alpha value is -5.34. The summed E-state index contributed by atoms with van der Waals surface area (Å²) >= 11 is 0. The lowest BCUT2D eigenvalue weighted by molar-refractivity contribution is 0.669. The minimum absolute atomic E-state index is 0.882. The minimum atomic E-state index is 0.882. The van der Waals surface area contributed by atoms with Crippen LogP contribution < -0.4 is 4.90 Å². The second-order valence-corrected chi connectivity index (χ2v) is 10.2. The SMILES string of the molecule is c1ccc(N(c2ccc3c(c2)oc2ccccc23)c2ccc3ccccc3c2-c2ccc3ccccc3c2)cc1. The van der Waals surface area contributed by atoms with Crippen molar-refractivity contribution in [2.75, 3.05) is 4.90 Å². The molecule has 0 amide bonds. The highest BCUT2D eigenvalue weighted by molar-refractivity contribution is 6.09. The van der Waals surface area contributed by atoms with Gasteiger partial charge in [-0.3, -0.25) is 0 Å². The summed E-state index contributed by atoms with van der Waals surface area (Å²) in [4.78, 5) is 2.35. The van der Waals surface area contributed by atoms with E-state index in [0.29, 0.717) is 0 Å². The summed E-state index contributed by atoms with van der Waals surface area (Å²) in [5, 5.41) is 7.17. The van der Waals surface area contributed by atoms with Gasteiger partial charge in [-0.2, -0.15) is 0 Å². The second-order valence-electron chi connectivity index (χ2n) is 10.2. The first-order valence-corrected chi connectivity index (χ1v) is 13.6. The third-order valence-corrected chi connectivity index (χ3v) is 7.82. The number of anilines is 3. The molecule has 188 valence electrons. The van der Waals surface area contributed by atoms with Crippen molar-refractivity contribution in [2.24, 2.45) is 0 Å². The van der Waals surface area contributed by atoms with Crippen LogP contribution in [-0.2, 0) is 0 Å². The van der Waals surface area contributed by atoms with Gasteiger partial charge in [0.1, 0.15) is 11.2 Å². The van der Waals surface area contributed by atoms with E-state index in [4.69, 9.17) is 4.42 Å². The predicted octanol–water partition coefficient (Wildman–Crippen LogP) is 11.0. The molecule has 7 aromatic carbocycles. The molecule has 0 N–H and O–H groups in total. The van der Waals surface area contributed by atoms with Crippen molar-refractivity contribution in [2.45, 2.75) is 0 Å². The van der Waals surface area contributed by atoms with Gasteiger partial charge in [-0.1, -0.05) is 103 Å². The molecule has 1 heterocycles. The summed E-state index contributed by atoms with van der Waals surface area (Å²) in [6, 6.07) is 53.9. The number of fused-ring (bicyclic) bond motifs is 5. The summed E-state index contributed by atoms with van der Waals surface area (Å²) in [6.07, 6.45) is 0. The number of nitrogens with zero attached hydrogens (tertiary/aromatic N) is 1. The Labute approximate surface area is 232 Å². The van der Waals surface area contributed by atoms with Crippen molar-refractivity contribution in [3.05, 3.63) is 152 Å². The first-order valence-electron chi connectivity index (χ1n) is 13.6. The average Bonchev–Trinajstić information content (AvgIpc) is 3.39. The van der Waals surface area contributed by atoms with Gasteiger partial charge < -0.3 is 9.32 Å². The maximum absolute atomic E-state index is 6.32. The van der Waals surface area contributed by atoms with Crippen LogP contribution in [0.25, 0.3) is 54.6 Å². The standard InChI is InChI=1S/C38H25NO/c1-2-13-30(14-3-1)39(31-21-22-34-33-16-8-9-17-36(33)40-37(34)25-31)35-23-20-27-11-6-7-15-32(27)38(35)29-19-18-26-10-4-5-12-28(26)24-29/h1-25H. The van der Waals surface area contributed by atoms with E-state index in [0.717, 1.165) is 39.0 Å². The first kappa shape index (κ1) is 22.6. The Balaban J connectivity index is 1.42. The predicted molar refractivity (Wildman–Crippen MR) is 169 cm³/mol. The molecule has 1 aromatic heterocycles. The highest BCUT2D eigenvalue weighted by Gasteiger charge is 2.20. The number of hydrogen-bond donors (Lipinski definition) is 0. The van der Waals surface area contributed by atoms with Crippen molar-refractivity contribution >= 4 is 60.5 Å². The normalized spacial score (nSPS) is 11.5. The second kappa shape index (κ2) is 9.14. The molecule has 8 aromatic rings. The van der Waals surface area contributed by atoms with Gasteiger partial charge in [0.15, 0.2) is 0 Å². The number of rotatable bonds is 4. The van der Waals surface area contributed by atoms with E-state index in [1.807, 2.05) is 12.1 Å². The molecule has 40 heavy (non-hydrogen) atoms. The van der Waals surface area contributed by atoms with Gasteiger partial charge in [0.2, 0.25) is 0 Å². The molecule has 8 rings (SSSR count). The molecule has 0 unspecified atom stereocenters. The monoisotopic (exact) mass is 511 g/mol. The molecule has 0 aliphatic heterocycles. The van der Waals surface area contributed by atoms with E-state index in [1.165, 1.54) is 32.7 Å². The van der Waals surface area contributed by atoms with Gasteiger partial charge in [0, 0.05) is 33.8 Å². The fourth-order valence-electron chi connectivity index (χ4n) is 5.95. The summed E-state index contributed by atoms with van der Waals surface area (Å²) in [5.74, 6) is 0. The minimum Gasteiger partial charge on any atom is -0.456 e. The van der Waals surface area contributed by atoms with E-state index in [2.05, 4.69) is 144 Å². The van der Waals surface area contributed by atoms with Crippen LogP contribution in [0.4, 0.5) is 17.1 Å². The van der Waals surface area contributed by atoms with Crippen molar-refractivity contribution in [3.63, 3.8) is 0 Å². The number of furan rings is 1. The summed E-state index contributed by atoms with van der Waals surface area (Å²) in [7, 11) is 0. The van der Waals surface area contributed by atoms with Crippen molar-refractivity contribution in [1.29, 1.82) is 0 Å². The Morgan fingerprint density at radius 2 is 1.07 bits per heavy atom. The highest BCUT2D eigenvalue weighted by Crippen LogP contribution is 2.45. The molecule has 0 saturated carbocycles. The number of hydrogen-bond acceptors (Lipinski definition) is 2. The van der Waals surface area contributed by atoms with Crippen molar-refractivity contribution in [1.82, 2.24) is 0 Å². The van der Waals surface area contributed by atoms with Crippen LogP contribution in [0.5, 0.6) is 0 Å². The molecule has 2 heteroatoms. The van der Waals surface area contributed by atoms with Gasteiger partial charge in [-0.15, -0.1) is 0 Å². The molecule has 0 aliphatic carbocycles. The lowest BCUT2D eigenvalue weighted by Crippen LogP contribution is -2.11. The van der Waals surface area contributed by atoms with Crippen LogP contribution >= 0.6 is 0 Å². The van der Waals surface area contributed by atoms with E-state index in [-0.39, 0.29) is 0 Å². The molecular weight excluding hydrogens is 486 g/mol. The van der Waals surface area contributed by atoms with Crippen LogP contribution in [0.2, 0.25) is 0 Å². The van der Waals surface area contributed by atoms with Gasteiger partial charge in [0.05, 0.1) is 5.69 Å². The van der Waals surface area contributed by atoms with E-state index < -0.39 is 0 Å². The molecular formula is C38H25NO. The smallest absolute Gasteiger partial charge is 0.137 e. The topological polar surface area (TPSA) is 16.4 Å². The van der Waals surface area contributed by atoms with Crippen LogP contribution in [0, 0.1) is 0 Å². The summed E-state index contributed by atoms with van der Waals surface area (Å²) < 4.78 is 6.32. The lowest BCUT2D eigenvalue weighted by atomic mass is 9.93. The lowest BCUT2D eigenvalue weighted by Gasteiger charge is -2.28. The first-order chi connectivity index (χ1) is 19.8. The maximum Gasteiger partial charge on any atom is 0.137 e. The maximum atomic E-state index is 6.32. The van der Waals surface area contributed by atoms with Crippen molar-refractivity contribution < 1.29 is 4.42 Å². The van der Waals surface area contributed by atoms with Gasteiger partial charge >= 0.3 is 0 Å². The molecule has 0 atom stereocenters. The van der Waals surface area contributed by atoms with Crippen LogP contribution in [0.15, 0.2) is 156 Å². The molecule has 0 spiro atoms. The molecule has 0 saturated heterocycles. The quantitative estimate of drug-likeness (QED) is 0.234. The van der Waals surface area contributed by atoms with E-state index in [1.54, 1.807) is 0 Å². The fraction of sp³-hybridized carbons (Fsp3) is 0. The van der Waals surface area contributed by atoms with Crippen LogP contribution in [0.3, 0.4) is 0 Å².